The molecule has 1 aliphatic carbocycles. The van der Waals surface area contributed by atoms with Crippen LogP contribution in [0.1, 0.15) is 30.1 Å². The van der Waals surface area contributed by atoms with Crippen LogP contribution < -0.4 is 5.73 Å². The lowest BCUT2D eigenvalue weighted by Crippen LogP contribution is -2.28. The SMILES string of the molecule is Nc1ncnc2c1c(Cc1cccc(Cl)c1)nn2[C@H]1C[C@@H](F)C1. The van der Waals surface area contributed by atoms with E-state index in [4.69, 9.17) is 17.3 Å². The number of benzene rings is 1. The van der Waals surface area contributed by atoms with Gasteiger partial charge in [0.1, 0.15) is 18.3 Å². The third-order valence-corrected chi connectivity index (χ3v) is 4.49. The fourth-order valence-electron chi connectivity index (χ4n) is 3.01. The molecule has 2 heterocycles. The minimum atomic E-state index is -0.755. The second-order valence-corrected chi connectivity index (χ2v) is 6.31. The van der Waals surface area contributed by atoms with Crippen molar-refractivity contribution in [2.24, 2.45) is 0 Å². The van der Waals surface area contributed by atoms with E-state index < -0.39 is 6.17 Å². The largest absolute Gasteiger partial charge is 0.383 e. The number of nitrogens with zero attached hydrogens (tertiary/aromatic N) is 4. The van der Waals surface area contributed by atoms with Crippen LogP contribution in [0.3, 0.4) is 0 Å². The van der Waals surface area contributed by atoms with Gasteiger partial charge in [-0.05, 0) is 17.7 Å². The number of nitrogens with two attached hydrogens (primary N) is 1. The van der Waals surface area contributed by atoms with Gasteiger partial charge in [-0.2, -0.15) is 5.10 Å². The first-order valence-corrected chi connectivity index (χ1v) is 7.85. The number of rotatable bonds is 3. The van der Waals surface area contributed by atoms with Gasteiger partial charge in [0.05, 0.1) is 17.1 Å². The standard InChI is InChI=1S/C16H15ClFN5/c17-10-3-1-2-9(4-10)5-13-14-15(19)20-8-21-16(14)23(22-13)12-6-11(18)7-12/h1-4,8,11-12H,5-7H2,(H2,19,20,21)/t11-,12+. The van der Waals surface area contributed by atoms with Crippen molar-refractivity contribution in [3.63, 3.8) is 0 Å². The van der Waals surface area contributed by atoms with Crippen LogP contribution in [0.25, 0.3) is 11.0 Å². The molecule has 0 atom stereocenters. The molecular weight excluding hydrogens is 317 g/mol. The smallest absolute Gasteiger partial charge is 0.163 e. The van der Waals surface area contributed by atoms with Crippen molar-refractivity contribution in [3.05, 3.63) is 46.9 Å². The predicted octanol–water partition coefficient (Wildman–Crippen LogP) is 3.33. The molecule has 4 rings (SSSR count). The van der Waals surface area contributed by atoms with Gasteiger partial charge in [-0.25, -0.2) is 19.0 Å². The first kappa shape index (κ1) is 14.4. The molecule has 0 amide bonds. The molecule has 7 heteroatoms. The maximum Gasteiger partial charge on any atom is 0.163 e. The van der Waals surface area contributed by atoms with E-state index in [1.807, 2.05) is 24.3 Å². The summed E-state index contributed by atoms with van der Waals surface area (Å²) < 4.78 is 15.0. The summed E-state index contributed by atoms with van der Waals surface area (Å²) in [6.45, 7) is 0. The van der Waals surface area contributed by atoms with Crippen LogP contribution in [0, 0.1) is 0 Å². The lowest BCUT2D eigenvalue weighted by molar-refractivity contribution is 0.130. The number of anilines is 1. The molecule has 5 nitrogen and oxygen atoms in total. The second-order valence-electron chi connectivity index (χ2n) is 5.88. The molecule has 23 heavy (non-hydrogen) atoms. The van der Waals surface area contributed by atoms with Crippen molar-refractivity contribution >= 4 is 28.5 Å². The molecule has 1 aliphatic rings. The zero-order valence-corrected chi connectivity index (χ0v) is 13.0. The molecule has 0 spiro atoms. The Morgan fingerprint density at radius 2 is 2.13 bits per heavy atom. The van der Waals surface area contributed by atoms with Crippen LogP contribution in [-0.2, 0) is 6.42 Å². The fraction of sp³-hybridized carbons (Fsp3) is 0.312. The fourth-order valence-corrected chi connectivity index (χ4v) is 3.22. The summed E-state index contributed by atoms with van der Waals surface area (Å²) >= 11 is 6.05. The lowest BCUT2D eigenvalue weighted by Gasteiger charge is -2.29. The third kappa shape index (κ3) is 2.53. The molecule has 1 aromatic carbocycles. The minimum absolute atomic E-state index is 0.0370. The van der Waals surface area contributed by atoms with E-state index in [0.717, 1.165) is 16.6 Å². The zero-order chi connectivity index (χ0) is 16.0. The summed E-state index contributed by atoms with van der Waals surface area (Å²) in [7, 11) is 0. The lowest BCUT2D eigenvalue weighted by atomic mass is 9.91. The van der Waals surface area contributed by atoms with Crippen molar-refractivity contribution in [2.75, 3.05) is 5.73 Å². The Bertz CT molecular complexity index is 872. The van der Waals surface area contributed by atoms with Gasteiger partial charge in [-0.15, -0.1) is 0 Å². The quantitative estimate of drug-likeness (QED) is 0.799. The highest BCUT2D eigenvalue weighted by Gasteiger charge is 2.33. The van der Waals surface area contributed by atoms with Crippen molar-refractivity contribution in [1.29, 1.82) is 0 Å². The molecular formula is C16H15ClFN5. The van der Waals surface area contributed by atoms with E-state index in [9.17, 15) is 4.39 Å². The molecule has 0 radical (unpaired) electrons. The number of halogens is 2. The number of hydrogen-bond acceptors (Lipinski definition) is 4. The molecule has 2 aromatic heterocycles. The Kier molecular flexibility index (Phi) is 3.41. The maximum absolute atomic E-state index is 13.2. The summed E-state index contributed by atoms with van der Waals surface area (Å²) in [4.78, 5) is 8.38. The van der Waals surface area contributed by atoms with Gasteiger partial charge in [0.25, 0.3) is 0 Å². The Labute approximate surface area is 137 Å². The molecule has 1 fully saturated rings. The van der Waals surface area contributed by atoms with E-state index in [1.165, 1.54) is 6.33 Å². The van der Waals surface area contributed by atoms with Crippen molar-refractivity contribution in [2.45, 2.75) is 31.5 Å². The first-order valence-electron chi connectivity index (χ1n) is 7.48. The highest BCUT2D eigenvalue weighted by Crippen LogP contribution is 2.37. The molecule has 2 N–H and O–H groups in total. The maximum atomic E-state index is 13.2. The van der Waals surface area contributed by atoms with E-state index >= 15 is 0 Å². The number of alkyl halides is 1. The van der Waals surface area contributed by atoms with Crippen LogP contribution >= 0.6 is 11.6 Å². The van der Waals surface area contributed by atoms with E-state index in [0.29, 0.717) is 35.8 Å². The molecule has 1 saturated carbocycles. The Morgan fingerprint density at radius 3 is 2.87 bits per heavy atom. The Balaban J connectivity index is 1.79. The van der Waals surface area contributed by atoms with Gasteiger partial charge in [-0.1, -0.05) is 23.7 Å². The monoisotopic (exact) mass is 331 g/mol. The molecule has 0 bridgehead atoms. The Morgan fingerprint density at radius 1 is 1.30 bits per heavy atom. The van der Waals surface area contributed by atoms with Crippen molar-refractivity contribution in [1.82, 2.24) is 19.7 Å². The van der Waals surface area contributed by atoms with E-state index in [2.05, 4.69) is 15.1 Å². The van der Waals surface area contributed by atoms with Crippen LogP contribution in [0.5, 0.6) is 0 Å². The average Bonchev–Trinajstić information content (AvgIpc) is 2.84. The normalized spacial score (nSPS) is 20.6. The molecule has 0 saturated heterocycles. The minimum Gasteiger partial charge on any atom is -0.383 e. The topological polar surface area (TPSA) is 69.6 Å². The predicted molar refractivity (Wildman–Crippen MR) is 87.2 cm³/mol. The molecule has 118 valence electrons. The van der Waals surface area contributed by atoms with Crippen LogP contribution in [-0.4, -0.2) is 25.9 Å². The van der Waals surface area contributed by atoms with Gasteiger partial charge in [-0.3, -0.25) is 0 Å². The van der Waals surface area contributed by atoms with Crippen LogP contribution in [0.2, 0.25) is 5.02 Å². The molecule has 0 aliphatic heterocycles. The van der Waals surface area contributed by atoms with Crippen LogP contribution in [0.4, 0.5) is 10.2 Å². The number of aromatic nitrogens is 4. The highest BCUT2D eigenvalue weighted by atomic mass is 35.5. The third-order valence-electron chi connectivity index (χ3n) is 4.25. The second kappa shape index (κ2) is 5.45. The highest BCUT2D eigenvalue weighted by molar-refractivity contribution is 6.30. The van der Waals surface area contributed by atoms with Crippen molar-refractivity contribution < 1.29 is 4.39 Å². The summed E-state index contributed by atoms with van der Waals surface area (Å²) in [5, 5.41) is 6.08. The summed E-state index contributed by atoms with van der Waals surface area (Å²) in [6, 6.07) is 7.64. The molecule has 0 unspecified atom stereocenters. The summed E-state index contributed by atoms with van der Waals surface area (Å²) in [6.07, 6.45) is 2.18. The van der Waals surface area contributed by atoms with Crippen molar-refractivity contribution in [3.8, 4) is 0 Å². The Hall–Kier alpha value is -2.21. The van der Waals surface area contributed by atoms with Gasteiger partial charge in [0, 0.05) is 24.3 Å². The first-order chi connectivity index (χ1) is 11.1. The van der Waals surface area contributed by atoms with E-state index in [1.54, 1.807) is 4.68 Å². The zero-order valence-electron chi connectivity index (χ0n) is 12.3. The van der Waals surface area contributed by atoms with Gasteiger partial charge < -0.3 is 5.73 Å². The number of hydrogen-bond donors (Lipinski definition) is 1. The van der Waals surface area contributed by atoms with Crippen LogP contribution in [0.15, 0.2) is 30.6 Å². The molecule has 3 aromatic rings. The summed E-state index contributed by atoms with van der Waals surface area (Å²) in [5.41, 5.74) is 8.53. The summed E-state index contributed by atoms with van der Waals surface area (Å²) in [5.74, 6) is 0.398. The van der Waals surface area contributed by atoms with Gasteiger partial charge in [0.15, 0.2) is 5.65 Å². The van der Waals surface area contributed by atoms with Gasteiger partial charge in [0.2, 0.25) is 0 Å². The average molecular weight is 332 g/mol. The number of fused-ring (bicyclic) bond motifs is 1. The van der Waals surface area contributed by atoms with E-state index in [-0.39, 0.29) is 6.04 Å². The number of nitrogen functional groups attached to an aromatic ring is 1. The van der Waals surface area contributed by atoms with Gasteiger partial charge >= 0.3 is 0 Å².